The first-order chi connectivity index (χ1) is 15.2. The number of aromatic nitrogens is 2. The summed E-state index contributed by atoms with van der Waals surface area (Å²) in [7, 11) is 3.22. The third kappa shape index (κ3) is 4.68. The summed E-state index contributed by atoms with van der Waals surface area (Å²) in [6.45, 7) is 2.18. The average Bonchev–Trinajstić information content (AvgIpc) is 3.22. The van der Waals surface area contributed by atoms with Crippen molar-refractivity contribution in [2.24, 2.45) is 0 Å². The maximum atomic E-state index is 13.1. The Balaban J connectivity index is 1.43. The van der Waals surface area contributed by atoms with Gasteiger partial charge >= 0.3 is 6.18 Å². The molecule has 3 heterocycles. The molecule has 1 fully saturated rings. The van der Waals surface area contributed by atoms with Crippen molar-refractivity contribution in [3.05, 3.63) is 53.9 Å². The Morgan fingerprint density at radius 2 is 1.84 bits per heavy atom. The van der Waals surface area contributed by atoms with Gasteiger partial charge in [0.2, 0.25) is 0 Å². The minimum Gasteiger partial charge on any atom is -0.497 e. The molecular weight excluding hydrogens is 423 g/mol. The number of hydrogen-bond acceptors (Lipinski definition) is 5. The molecule has 0 saturated carbocycles. The van der Waals surface area contributed by atoms with Gasteiger partial charge in [0.25, 0.3) is 0 Å². The van der Waals surface area contributed by atoms with Crippen LogP contribution in [0.15, 0.2) is 42.6 Å². The monoisotopic (exact) mass is 449 g/mol. The number of hydrogen-bond donors (Lipinski definition) is 1. The van der Waals surface area contributed by atoms with Crippen molar-refractivity contribution in [1.82, 2.24) is 14.5 Å². The van der Waals surface area contributed by atoms with Gasteiger partial charge < -0.3 is 19.1 Å². The van der Waals surface area contributed by atoms with Crippen LogP contribution in [0.2, 0.25) is 0 Å². The minimum atomic E-state index is -4.50. The molecule has 0 bridgehead atoms. The van der Waals surface area contributed by atoms with Crippen LogP contribution in [-0.2, 0) is 19.3 Å². The summed E-state index contributed by atoms with van der Waals surface area (Å²) >= 11 is 0. The second kappa shape index (κ2) is 8.63. The van der Waals surface area contributed by atoms with Crippen LogP contribution < -0.4 is 9.47 Å². The molecule has 1 saturated heterocycles. The molecule has 3 aliphatic heterocycles. The topological polar surface area (TPSA) is 59.8 Å². The van der Waals surface area contributed by atoms with E-state index >= 15 is 0 Å². The molecule has 0 spiro atoms. The Morgan fingerprint density at radius 1 is 1.09 bits per heavy atom. The lowest BCUT2D eigenvalue weighted by atomic mass is 9.90. The highest BCUT2D eigenvalue weighted by molar-refractivity contribution is 5.59. The maximum absolute atomic E-state index is 13.1. The molecule has 1 aromatic carbocycles. The maximum Gasteiger partial charge on any atom is 0.433 e. The van der Waals surface area contributed by atoms with Gasteiger partial charge in [-0.1, -0.05) is 6.07 Å². The third-order valence-corrected chi connectivity index (χ3v) is 6.02. The highest BCUT2D eigenvalue weighted by atomic mass is 19.4. The summed E-state index contributed by atoms with van der Waals surface area (Å²) in [4.78, 5) is 6.01. The van der Waals surface area contributed by atoms with E-state index in [4.69, 9.17) is 9.47 Å². The number of benzene rings is 1. The van der Waals surface area contributed by atoms with E-state index in [1.807, 2.05) is 18.2 Å². The van der Waals surface area contributed by atoms with Crippen molar-refractivity contribution in [1.29, 1.82) is 0 Å². The lowest BCUT2D eigenvalue weighted by Crippen LogP contribution is -2.46. The van der Waals surface area contributed by atoms with E-state index in [0.29, 0.717) is 38.0 Å². The van der Waals surface area contributed by atoms with Gasteiger partial charge in [-0.25, -0.2) is 4.98 Å². The van der Waals surface area contributed by atoms with E-state index in [9.17, 15) is 18.3 Å². The SMILES string of the molecule is COc1ccc(CN2CCC(O)(Cn3cccc4cc(C(F)(F)F)nc3-4)CC2)c(OC)c1. The fourth-order valence-electron chi connectivity index (χ4n) is 4.20. The fourth-order valence-corrected chi connectivity index (χ4v) is 4.20. The summed E-state index contributed by atoms with van der Waals surface area (Å²) in [5.41, 5.74) is -0.495. The van der Waals surface area contributed by atoms with E-state index < -0.39 is 17.5 Å². The Bertz CT molecular complexity index is 1040. The zero-order valence-electron chi connectivity index (χ0n) is 18.0. The fraction of sp³-hybridized carbons (Fsp3) is 0.435. The number of likely N-dealkylation sites (tertiary alicyclic amines) is 1. The lowest BCUT2D eigenvalue weighted by Gasteiger charge is -2.39. The Labute approximate surface area is 184 Å². The largest absolute Gasteiger partial charge is 0.497 e. The van der Waals surface area contributed by atoms with Gasteiger partial charge in [-0.2, -0.15) is 13.2 Å². The number of ether oxygens (including phenoxy) is 2. The Morgan fingerprint density at radius 3 is 2.50 bits per heavy atom. The zero-order chi connectivity index (χ0) is 22.9. The molecule has 1 N–H and O–H groups in total. The van der Waals surface area contributed by atoms with E-state index in [1.54, 1.807) is 37.1 Å². The third-order valence-electron chi connectivity index (χ3n) is 6.02. The number of rotatable bonds is 6. The predicted octanol–water partition coefficient (Wildman–Crippen LogP) is 4.05. The van der Waals surface area contributed by atoms with Crippen LogP contribution in [0.4, 0.5) is 13.2 Å². The number of nitrogens with zero attached hydrogens (tertiary/aromatic N) is 3. The van der Waals surface area contributed by atoms with Gasteiger partial charge in [-0.15, -0.1) is 0 Å². The number of halogens is 3. The van der Waals surface area contributed by atoms with E-state index in [-0.39, 0.29) is 12.4 Å². The summed E-state index contributed by atoms with van der Waals surface area (Å²) in [6, 6.07) is 10.0. The molecule has 4 rings (SSSR count). The smallest absolute Gasteiger partial charge is 0.433 e. The quantitative estimate of drug-likeness (QED) is 0.615. The van der Waals surface area contributed by atoms with Crippen LogP contribution in [0.5, 0.6) is 11.5 Å². The van der Waals surface area contributed by atoms with Crippen molar-refractivity contribution in [2.45, 2.75) is 37.7 Å². The van der Waals surface area contributed by atoms with Gasteiger partial charge in [0.15, 0.2) is 0 Å². The zero-order valence-corrected chi connectivity index (χ0v) is 18.0. The molecule has 0 aromatic heterocycles. The average molecular weight is 449 g/mol. The van der Waals surface area contributed by atoms with Crippen molar-refractivity contribution in [3.8, 4) is 22.9 Å². The van der Waals surface area contributed by atoms with Crippen LogP contribution in [0.25, 0.3) is 11.4 Å². The number of methoxy groups -OCH3 is 2. The Kier molecular flexibility index (Phi) is 6.05. The molecule has 0 radical (unpaired) electrons. The highest BCUT2D eigenvalue weighted by Crippen LogP contribution is 2.35. The number of piperidine rings is 1. The lowest BCUT2D eigenvalue weighted by molar-refractivity contribution is -0.140. The van der Waals surface area contributed by atoms with Crippen molar-refractivity contribution < 1.29 is 27.8 Å². The van der Waals surface area contributed by atoms with Gasteiger partial charge in [-0.3, -0.25) is 4.90 Å². The van der Waals surface area contributed by atoms with Gasteiger partial charge in [0, 0.05) is 43.0 Å². The van der Waals surface area contributed by atoms with Crippen LogP contribution in [0.1, 0.15) is 24.1 Å². The molecule has 32 heavy (non-hydrogen) atoms. The molecule has 0 unspecified atom stereocenters. The van der Waals surface area contributed by atoms with Gasteiger partial charge in [-0.05, 0) is 37.1 Å². The molecular formula is C23H26F3N3O3. The Hall–Kier alpha value is -2.78. The number of alkyl halides is 3. The summed E-state index contributed by atoms with van der Waals surface area (Å²) in [6.07, 6.45) is -1.83. The van der Waals surface area contributed by atoms with Crippen LogP contribution >= 0.6 is 0 Å². The summed E-state index contributed by atoms with van der Waals surface area (Å²) in [5.74, 6) is 1.70. The number of pyridine rings is 1. The predicted molar refractivity (Wildman–Crippen MR) is 113 cm³/mol. The second-order valence-corrected chi connectivity index (χ2v) is 8.23. The molecule has 172 valence electrons. The van der Waals surface area contributed by atoms with E-state index in [0.717, 1.165) is 23.1 Å². The molecule has 6 nitrogen and oxygen atoms in total. The number of aliphatic hydroxyl groups is 1. The van der Waals surface area contributed by atoms with Gasteiger partial charge in [0.1, 0.15) is 23.0 Å². The minimum absolute atomic E-state index is 0.193. The van der Waals surface area contributed by atoms with Crippen molar-refractivity contribution in [3.63, 3.8) is 0 Å². The number of fused-ring (bicyclic) bond motifs is 1. The van der Waals surface area contributed by atoms with Crippen LogP contribution in [0.3, 0.4) is 0 Å². The first-order valence-corrected chi connectivity index (χ1v) is 10.4. The molecule has 9 heteroatoms. The van der Waals surface area contributed by atoms with Crippen molar-refractivity contribution in [2.75, 3.05) is 27.3 Å². The molecule has 0 aliphatic carbocycles. The molecule has 0 atom stereocenters. The first kappa shape index (κ1) is 22.4. The highest BCUT2D eigenvalue weighted by Gasteiger charge is 2.37. The standard InChI is InChI=1S/C23H26F3N3O3/c1-31-18-6-5-17(19(13-18)32-2)14-28-10-7-22(30,8-11-28)15-29-9-3-4-16-12-20(23(24,25)26)27-21(16)29/h3-6,9,12-13,30H,7-8,10-11,14-15H2,1-2H3. The molecule has 0 amide bonds. The first-order valence-electron chi connectivity index (χ1n) is 10.4. The molecule has 1 aromatic rings. The van der Waals surface area contributed by atoms with Crippen LogP contribution in [0, 0.1) is 0 Å². The van der Waals surface area contributed by atoms with E-state index in [1.165, 1.54) is 0 Å². The van der Waals surface area contributed by atoms with E-state index in [2.05, 4.69) is 9.88 Å². The normalized spacial score (nSPS) is 16.9. The summed E-state index contributed by atoms with van der Waals surface area (Å²) in [5, 5.41) is 11.2. The summed E-state index contributed by atoms with van der Waals surface area (Å²) < 4.78 is 51.5. The van der Waals surface area contributed by atoms with Gasteiger partial charge in [0.05, 0.1) is 26.4 Å². The molecule has 3 aliphatic rings. The van der Waals surface area contributed by atoms with Crippen LogP contribution in [-0.4, -0.2) is 52.5 Å². The second-order valence-electron chi connectivity index (χ2n) is 8.23. The van der Waals surface area contributed by atoms with Crippen molar-refractivity contribution >= 4 is 0 Å².